The maximum atomic E-state index is 6.05. The van der Waals surface area contributed by atoms with E-state index in [1.807, 2.05) is 0 Å². The molecule has 2 heteroatoms. The molecule has 1 aliphatic rings. The van der Waals surface area contributed by atoms with Crippen LogP contribution in [-0.2, 0) is 4.74 Å². The van der Waals surface area contributed by atoms with Crippen LogP contribution in [0.1, 0.15) is 72.1 Å². The smallest absolute Gasteiger partial charge is 0.0728 e. The SMILES string of the molecule is CCCCCCCOC1CCC(C)NC1CC. The molecule has 1 saturated heterocycles. The second kappa shape index (κ2) is 8.93. The molecule has 0 amide bonds. The first-order valence-corrected chi connectivity index (χ1v) is 7.65. The second-order valence-corrected chi connectivity index (χ2v) is 5.48. The number of hydrogen-bond acceptors (Lipinski definition) is 2. The molecule has 2 nitrogen and oxygen atoms in total. The summed E-state index contributed by atoms with van der Waals surface area (Å²) in [5.41, 5.74) is 0. The largest absolute Gasteiger partial charge is 0.377 e. The molecule has 3 atom stereocenters. The number of unbranched alkanes of at least 4 members (excludes halogenated alkanes) is 4. The molecule has 1 rings (SSSR count). The van der Waals surface area contributed by atoms with Crippen LogP contribution in [0.2, 0.25) is 0 Å². The van der Waals surface area contributed by atoms with Gasteiger partial charge in [-0.3, -0.25) is 0 Å². The van der Waals surface area contributed by atoms with Gasteiger partial charge < -0.3 is 10.1 Å². The van der Waals surface area contributed by atoms with Crippen molar-refractivity contribution < 1.29 is 4.74 Å². The van der Waals surface area contributed by atoms with Gasteiger partial charge in [-0.1, -0.05) is 39.5 Å². The standard InChI is InChI=1S/C15H31NO/c1-4-6-7-8-9-12-17-15-11-10-13(3)16-14(15)5-2/h13-16H,4-12H2,1-3H3. The van der Waals surface area contributed by atoms with Crippen molar-refractivity contribution in [1.82, 2.24) is 5.32 Å². The number of nitrogens with one attached hydrogen (secondary N) is 1. The zero-order valence-electron chi connectivity index (χ0n) is 12.0. The first-order valence-electron chi connectivity index (χ1n) is 7.65. The van der Waals surface area contributed by atoms with Crippen LogP contribution >= 0.6 is 0 Å². The monoisotopic (exact) mass is 241 g/mol. The van der Waals surface area contributed by atoms with Gasteiger partial charge in [0.2, 0.25) is 0 Å². The van der Waals surface area contributed by atoms with Crippen LogP contribution in [0, 0.1) is 0 Å². The summed E-state index contributed by atoms with van der Waals surface area (Å²) in [6.45, 7) is 7.76. The van der Waals surface area contributed by atoms with E-state index in [1.165, 1.54) is 51.4 Å². The van der Waals surface area contributed by atoms with E-state index in [2.05, 4.69) is 26.1 Å². The Bertz CT molecular complexity index is 184. The summed E-state index contributed by atoms with van der Waals surface area (Å²) in [6.07, 6.45) is 10.8. The normalized spacial score (nSPS) is 29.5. The van der Waals surface area contributed by atoms with Crippen LogP contribution in [0.15, 0.2) is 0 Å². The molecule has 17 heavy (non-hydrogen) atoms. The van der Waals surface area contributed by atoms with Gasteiger partial charge >= 0.3 is 0 Å². The highest BCUT2D eigenvalue weighted by atomic mass is 16.5. The third-order valence-corrected chi connectivity index (χ3v) is 3.85. The summed E-state index contributed by atoms with van der Waals surface area (Å²) >= 11 is 0. The predicted octanol–water partition coefficient (Wildman–Crippen LogP) is 3.89. The molecule has 0 spiro atoms. The molecule has 3 unspecified atom stereocenters. The molecular weight excluding hydrogens is 210 g/mol. The van der Waals surface area contributed by atoms with Crippen LogP contribution in [-0.4, -0.2) is 24.8 Å². The van der Waals surface area contributed by atoms with Gasteiger partial charge in [-0.2, -0.15) is 0 Å². The molecule has 0 aromatic heterocycles. The van der Waals surface area contributed by atoms with Crippen molar-refractivity contribution in [3.63, 3.8) is 0 Å². The molecule has 0 saturated carbocycles. The molecule has 1 aliphatic heterocycles. The summed E-state index contributed by atoms with van der Waals surface area (Å²) in [4.78, 5) is 0. The average molecular weight is 241 g/mol. The summed E-state index contributed by atoms with van der Waals surface area (Å²) in [7, 11) is 0. The summed E-state index contributed by atoms with van der Waals surface area (Å²) in [5, 5.41) is 3.65. The lowest BCUT2D eigenvalue weighted by Gasteiger charge is -2.35. The van der Waals surface area contributed by atoms with E-state index in [0.29, 0.717) is 18.2 Å². The molecule has 0 radical (unpaired) electrons. The van der Waals surface area contributed by atoms with E-state index in [9.17, 15) is 0 Å². The molecular formula is C15H31NO. The molecule has 0 bridgehead atoms. The Balaban J connectivity index is 2.08. The van der Waals surface area contributed by atoms with E-state index >= 15 is 0 Å². The molecule has 1 N–H and O–H groups in total. The Morgan fingerprint density at radius 2 is 1.82 bits per heavy atom. The van der Waals surface area contributed by atoms with Gasteiger partial charge in [-0.25, -0.2) is 0 Å². The van der Waals surface area contributed by atoms with Gasteiger partial charge in [0.1, 0.15) is 0 Å². The van der Waals surface area contributed by atoms with E-state index in [4.69, 9.17) is 4.74 Å². The molecule has 1 heterocycles. The van der Waals surface area contributed by atoms with Gasteiger partial charge in [-0.05, 0) is 32.6 Å². The highest BCUT2D eigenvalue weighted by Gasteiger charge is 2.26. The Morgan fingerprint density at radius 3 is 2.53 bits per heavy atom. The number of hydrogen-bond donors (Lipinski definition) is 1. The van der Waals surface area contributed by atoms with Crippen LogP contribution in [0.4, 0.5) is 0 Å². The van der Waals surface area contributed by atoms with Crippen molar-refractivity contribution in [2.24, 2.45) is 0 Å². The van der Waals surface area contributed by atoms with Crippen LogP contribution in [0.3, 0.4) is 0 Å². The van der Waals surface area contributed by atoms with Crippen molar-refractivity contribution in [2.75, 3.05) is 6.61 Å². The van der Waals surface area contributed by atoms with Crippen LogP contribution < -0.4 is 5.32 Å². The lowest BCUT2D eigenvalue weighted by atomic mass is 9.95. The van der Waals surface area contributed by atoms with Crippen molar-refractivity contribution >= 4 is 0 Å². The first-order chi connectivity index (χ1) is 8.27. The van der Waals surface area contributed by atoms with Crippen LogP contribution in [0.25, 0.3) is 0 Å². The fourth-order valence-electron chi connectivity index (χ4n) is 2.69. The minimum atomic E-state index is 0.461. The minimum absolute atomic E-state index is 0.461. The summed E-state index contributed by atoms with van der Waals surface area (Å²) in [6, 6.07) is 1.25. The molecule has 0 aliphatic carbocycles. The van der Waals surface area contributed by atoms with E-state index in [-0.39, 0.29) is 0 Å². The summed E-state index contributed by atoms with van der Waals surface area (Å²) < 4.78 is 6.05. The Hall–Kier alpha value is -0.0800. The minimum Gasteiger partial charge on any atom is -0.377 e. The van der Waals surface area contributed by atoms with Gasteiger partial charge in [0.05, 0.1) is 6.10 Å². The molecule has 1 fully saturated rings. The van der Waals surface area contributed by atoms with Gasteiger partial charge in [0.25, 0.3) is 0 Å². The first kappa shape index (κ1) is 15.0. The quantitative estimate of drug-likeness (QED) is 0.651. The fourth-order valence-corrected chi connectivity index (χ4v) is 2.69. The molecule has 0 aromatic carbocycles. The highest BCUT2D eigenvalue weighted by Crippen LogP contribution is 2.19. The Kier molecular flexibility index (Phi) is 7.87. The lowest BCUT2D eigenvalue weighted by Crippen LogP contribution is -2.49. The topological polar surface area (TPSA) is 21.3 Å². The Morgan fingerprint density at radius 1 is 1.06 bits per heavy atom. The van der Waals surface area contributed by atoms with Gasteiger partial charge in [0, 0.05) is 18.7 Å². The third kappa shape index (κ3) is 5.87. The fraction of sp³-hybridized carbons (Fsp3) is 1.00. The van der Waals surface area contributed by atoms with Crippen molar-refractivity contribution in [3.05, 3.63) is 0 Å². The number of rotatable bonds is 8. The molecule has 0 aromatic rings. The van der Waals surface area contributed by atoms with Crippen molar-refractivity contribution in [2.45, 2.75) is 90.3 Å². The zero-order chi connectivity index (χ0) is 12.5. The Labute approximate surface area is 108 Å². The van der Waals surface area contributed by atoms with Gasteiger partial charge in [0.15, 0.2) is 0 Å². The van der Waals surface area contributed by atoms with Crippen molar-refractivity contribution in [1.29, 1.82) is 0 Å². The summed E-state index contributed by atoms with van der Waals surface area (Å²) in [5.74, 6) is 0. The third-order valence-electron chi connectivity index (χ3n) is 3.85. The van der Waals surface area contributed by atoms with E-state index < -0.39 is 0 Å². The average Bonchev–Trinajstić information content (AvgIpc) is 2.35. The maximum Gasteiger partial charge on any atom is 0.0728 e. The predicted molar refractivity (Wildman–Crippen MR) is 74.4 cm³/mol. The van der Waals surface area contributed by atoms with E-state index in [1.54, 1.807) is 0 Å². The zero-order valence-corrected chi connectivity index (χ0v) is 12.0. The number of piperidine rings is 1. The van der Waals surface area contributed by atoms with Crippen molar-refractivity contribution in [3.8, 4) is 0 Å². The van der Waals surface area contributed by atoms with Crippen LogP contribution in [0.5, 0.6) is 0 Å². The second-order valence-electron chi connectivity index (χ2n) is 5.48. The van der Waals surface area contributed by atoms with Gasteiger partial charge in [-0.15, -0.1) is 0 Å². The van der Waals surface area contributed by atoms with E-state index in [0.717, 1.165) is 6.61 Å². The molecule has 102 valence electrons. The number of ether oxygens (including phenoxy) is 1. The maximum absolute atomic E-state index is 6.05. The lowest BCUT2D eigenvalue weighted by molar-refractivity contribution is -0.00208. The highest BCUT2D eigenvalue weighted by molar-refractivity contribution is 4.84.